The third-order valence-corrected chi connectivity index (χ3v) is 7.87. The number of sulfonamides is 1. The lowest BCUT2D eigenvalue weighted by Crippen LogP contribution is -2.50. The van der Waals surface area contributed by atoms with Crippen LogP contribution in [0, 0.1) is 0 Å². The van der Waals surface area contributed by atoms with Gasteiger partial charge in [-0.15, -0.1) is 11.8 Å². The molecule has 1 saturated heterocycles. The van der Waals surface area contributed by atoms with Crippen LogP contribution in [0.4, 0.5) is 5.69 Å². The average molecular weight is 512 g/mol. The molecule has 3 N–H and O–H groups in total. The largest absolute Gasteiger partial charge is 0.404 e. The van der Waals surface area contributed by atoms with Crippen molar-refractivity contribution in [2.75, 3.05) is 37.2 Å². The SMILES string of the molecule is CS/C(=C\N)C(=O)N1CCN(C(=O)c2ccc(NS(=O)(=O)c3cccc4cccnc34)cc2)CC1. The second-order valence-corrected chi connectivity index (χ2v) is 10.3. The quantitative estimate of drug-likeness (QED) is 0.487. The van der Waals surface area contributed by atoms with Crippen LogP contribution in [0.2, 0.25) is 0 Å². The molecular weight excluding hydrogens is 486 g/mol. The van der Waals surface area contributed by atoms with E-state index >= 15 is 0 Å². The minimum atomic E-state index is -3.88. The Bertz CT molecular complexity index is 1380. The van der Waals surface area contributed by atoms with Crippen molar-refractivity contribution in [2.24, 2.45) is 5.73 Å². The van der Waals surface area contributed by atoms with Gasteiger partial charge in [0.1, 0.15) is 4.90 Å². The molecular formula is C24H25N5O4S2. The van der Waals surface area contributed by atoms with Gasteiger partial charge in [0.05, 0.1) is 10.4 Å². The van der Waals surface area contributed by atoms with E-state index in [2.05, 4.69) is 9.71 Å². The van der Waals surface area contributed by atoms with E-state index in [0.717, 1.165) is 5.39 Å². The summed E-state index contributed by atoms with van der Waals surface area (Å²) in [4.78, 5) is 33.5. The molecule has 1 aliphatic rings. The zero-order valence-corrected chi connectivity index (χ0v) is 20.7. The molecule has 4 rings (SSSR count). The predicted molar refractivity (Wildman–Crippen MR) is 137 cm³/mol. The van der Waals surface area contributed by atoms with Gasteiger partial charge in [-0.3, -0.25) is 19.3 Å². The number of hydrogen-bond donors (Lipinski definition) is 2. The highest BCUT2D eigenvalue weighted by Crippen LogP contribution is 2.24. The molecule has 2 heterocycles. The number of carbonyl (C=O) groups is 2. The van der Waals surface area contributed by atoms with Crippen molar-refractivity contribution < 1.29 is 18.0 Å². The second-order valence-electron chi connectivity index (χ2n) is 7.83. The monoisotopic (exact) mass is 511 g/mol. The van der Waals surface area contributed by atoms with Gasteiger partial charge >= 0.3 is 0 Å². The number of piperazine rings is 1. The first kappa shape index (κ1) is 24.6. The molecule has 0 spiro atoms. The summed E-state index contributed by atoms with van der Waals surface area (Å²) in [5.41, 5.74) is 6.67. The standard InChI is InChI=1S/C24H25N5O4S2/c1-34-20(16-25)24(31)29-14-12-28(13-15-29)23(30)18-7-9-19(10-8-18)27-35(32,33)21-6-2-4-17-5-3-11-26-22(17)21/h2-11,16,27H,12-15,25H2,1H3/b20-16-. The molecule has 0 unspecified atom stereocenters. The second kappa shape index (κ2) is 10.4. The van der Waals surface area contributed by atoms with Crippen molar-refractivity contribution in [1.82, 2.24) is 14.8 Å². The summed E-state index contributed by atoms with van der Waals surface area (Å²) in [5, 5.41) is 0.724. The molecule has 0 aliphatic carbocycles. The Morgan fingerprint density at radius 3 is 2.31 bits per heavy atom. The molecule has 1 aliphatic heterocycles. The fourth-order valence-corrected chi connectivity index (χ4v) is 5.54. The highest BCUT2D eigenvalue weighted by molar-refractivity contribution is 8.03. The number of nitrogens with two attached hydrogens (primary N) is 1. The van der Waals surface area contributed by atoms with Crippen molar-refractivity contribution in [3.8, 4) is 0 Å². The van der Waals surface area contributed by atoms with Crippen molar-refractivity contribution in [3.05, 3.63) is 77.5 Å². The van der Waals surface area contributed by atoms with Gasteiger partial charge < -0.3 is 15.5 Å². The van der Waals surface area contributed by atoms with Crippen LogP contribution in [-0.2, 0) is 14.8 Å². The van der Waals surface area contributed by atoms with Gasteiger partial charge in [0, 0.05) is 55.2 Å². The number of nitrogens with one attached hydrogen (secondary N) is 1. The molecule has 1 aromatic heterocycles. The van der Waals surface area contributed by atoms with Gasteiger partial charge in [-0.05, 0) is 42.7 Å². The number of pyridine rings is 1. The molecule has 0 radical (unpaired) electrons. The molecule has 9 nitrogen and oxygen atoms in total. The van der Waals surface area contributed by atoms with Crippen LogP contribution < -0.4 is 10.5 Å². The zero-order chi connectivity index (χ0) is 25.0. The van der Waals surface area contributed by atoms with Crippen LogP contribution in [0.5, 0.6) is 0 Å². The van der Waals surface area contributed by atoms with E-state index < -0.39 is 10.0 Å². The van der Waals surface area contributed by atoms with E-state index in [4.69, 9.17) is 5.73 Å². The molecule has 0 bridgehead atoms. The fourth-order valence-electron chi connectivity index (χ4n) is 3.86. The van der Waals surface area contributed by atoms with Gasteiger partial charge in [-0.2, -0.15) is 0 Å². The molecule has 1 fully saturated rings. The maximum atomic E-state index is 13.0. The van der Waals surface area contributed by atoms with Gasteiger partial charge in [-0.25, -0.2) is 8.42 Å². The minimum absolute atomic E-state index is 0.0808. The fraction of sp³-hybridized carbons (Fsp3) is 0.208. The van der Waals surface area contributed by atoms with E-state index in [1.165, 1.54) is 24.0 Å². The topological polar surface area (TPSA) is 126 Å². The summed E-state index contributed by atoms with van der Waals surface area (Å²) in [6.45, 7) is 1.64. The number of amides is 2. The van der Waals surface area contributed by atoms with Crippen LogP contribution in [0.3, 0.4) is 0 Å². The van der Waals surface area contributed by atoms with Gasteiger partial charge in [-0.1, -0.05) is 18.2 Å². The Morgan fingerprint density at radius 2 is 1.66 bits per heavy atom. The number of hydrogen-bond acceptors (Lipinski definition) is 7. The molecule has 2 amide bonds. The molecule has 2 aromatic carbocycles. The van der Waals surface area contributed by atoms with Crippen LogP contribution in [0.1, 0.15) is 10.4 Å². The number of anilines is 1. The lowest BCUT2D eigenvalue weighted by Gasteiger charge is -2.35. The Morgan fingerprint density at radius 1 is 1.00 bits per heavy atom. The highest BCUT2D eigenvalue weighted by Gasteiger charge is 2.26. The maximum Gasteiger partial charge on any atom is 0.264 e. The highest BCUT2D eigenvalue weighted by atomic mass is 32.2. The van der Waals surface area contributed by atoms with Crippen LogP contribution in [0.25, 0.3) is 10.9 Å². The Labute approximate surface area is 208 Å². The summed E-state index contributed by atoms with van der Waals surface area (Å²) in [6.07, 6.45) is 4.64. The average Bonchev–Trinajstić information content (AvgIpc) is 2.89. The number of nitrogens with zero attached hydrogens (tertiary/aromatic N) is 3. The van der Waals surface area contributed by atoms with E-state index in [1.54, 1.807) is 70.8 Å². The summed E-state index contributed by atoms with van der Waals surface area (Å²) >= 11 is 1.29. The number of para-hydroxylation sites is 1. The molecule has 0 atom stereocenters. The van der Waals surface area contributed by atoms with Crippen molar-refractivity contribution >= 4 is 50.2 Å². The number of carbonyl (C=O) groups excluding carboxylic acids is 2. The van der Waals surface area contributed by atoms with E-state index in [9.17, 15) is 18.0 Å². The summed E-state index contributed by atoms with van der Waals surface area (Å²) in [7, 11) is -3.88. The van der Waals surface area contributed by atoms with E-state index in [1.807, 2.05) is 0 Å². The number of benzene rings is 2. The van der Waals surface area contributed by atoms with Crippen LogP contribution >= 0.6 is 11.8 Å². The molecule has 0 saturated carbocycles. The van der Waals surface area contributed by atoms with Crippen LogP contribution in [0.15, 0.2) is 76.8 Å². The van der Waals surface area contributed by atoms with Crippen molar-refractivity contribution in [3.63, 3.8) is 0 Å². The van der Waals surface area contributed by atoms with E-state index in [-0.39, 0.29) is 16.7 Å². The normalized spacial score (nSPS) is 14.7. The summed E-state index contributed by atoms with van der Waals surface area (Å²) in [6, 6.07) is 14.8. The third-order valence-electron chi connectivity index (χ3n) is 5.71. The number of fused-ring (bicyclic) bond motifs is 1. The Hall–Kier alpha value is -3.57. The molecule has 182 valence electrons. The number of rotatable bonds is 6. The number of thioether (sulfide) groups is 1. The van der Waals surface area contributed by atoms with Gasteiger partial charge in [0.15, 0.2) is 0 Å². The lowest BCUT2D eigenvalue weighted by molar-refractivity contribution is -0.127. The number of aromatic nitrogens is 1. The predicted octanol–water partition coefficient (Wildman–Crippen LogP) is 2.48. The lowest BCUT2D eigenvalue weighted by atomic mass is 10.1. The first-order valence-electron chi connectivity index (χ1n) is 10.8. The van der Waals surface area contributed by atoms with Crippen molar-refractivity contribution in [1.29, 1.82) is 0 Å². The maximum absolute atomic E-state index is 13.0. The smallest absolute Gasteiger partial charge is 0.264 e. The Kier molecular flexibility index (Phi) is 7.27. The Balaban J connectivity index is 1.42. The first-order chi connectivity index (χ1) is 16.8. The molecule has 3 aromatic rings. The van der Waals surface area contributed by atoms with Gasteiger partial charge in [0.2, 0.25) is 0 Å². The van der Waals surface area contributed by atoms with Gasteiger partial charge in [0.25, 0.3) is 21.8 Å². The molecule has 11 heteroatoms. The third kappa shape index (κ3) is 5.25. The zero-order valence-electron chi connectivity index (χ0n) is 19.0. The summed E-state index contributed by atoms with van der Waals surface area (Å²) < 4.78 is 28.5. The summed E-state index contributed by atoms with van der Waals surface area (Å²) in [5.74, 6) is -0.311. The first-order valence-corrected chi connectivity index (χ1v) is 13.6. The van der Waals surface area contributed by atoms with Crippen LogP contribution in [-0.4, -0.2) is 67.5 Å². The minimum Gasteiger partial charge on any atom is -0.404 e. The van der Waals surface area contributed by atoms with E-state index in [0.29, 0.717) is 47.9 Å². The molecule has 35 heavy (non-hydrogen) atoms. The van der Waals surface area contributed by atoms with Crippen molar-refractivity contribution in [2.45, 2.75) is 4.90 Å².